The van der Waals surface area contributed by atoms with Crippen molar-refractivity contribution < 1.29 is 23.1 Å². The predicted molar refractivity (Wildman–Crippen MR) is 119 cm³/mol. The zero-order valence-electron chi connectivity index (χ0n) is 17.2. The Morgan fingerprint density at radius 3 is 2.42 bits per heavy atom. The molecule has 1 N–H and O–H groups in total. The van der Waals surface area contributed by atoms with E-state index in [1.54, 1.807) is 35.2 Å². The van der Waals surface area contributed by atoms with Crippen LogP contribution < -0.4 is 0 Å². The first-order chi connectivity index (χ1) is 14.8. The molecule has 4 rings (SSSR count). The number of nitrogens with zero attached hydrogens (tertiary/aromatic N) is 2. The quantitative estimate of drug-likeness (QED) is 0.724. The first kappa shape index (κ1) is 22.5. The van der Waals surface area contributed by atoms with Gasteiger partial charge in [-0.15, -0.1) is 0 Å². The maximum absolute atomic E-state index is 12.8. The molecule has 2 heterocycles. The molecular formula is C22H27ClN2O5S. The van der Waals surface area contributed by atoms with Gasteiger partial charge in [-0.25, -0.2) is 8.42 Å². The minimum Gasteiger partial charge on any atom is -0.382 e. The van der Waals surface area contributed by atoms with Gasteiger partial charge in [0, 0.05) is 37.2 Å². The van der Waals surface area contributed by atoms with Crippen LogP contribution in [0.4, 0.5) is 0 Å². The Morgan fingerprint density at radius 2 is 1.71 bits per heavy atom. The van der Waals surface area contributed by atoms with Crippen LogP contribution in [-0.4, -0.2) is 86.5 Å². The van der Waals surface area contributed by atoms with Crippen molar-refractivity contribution in [2.45, 2.75) is 29.9 Å². The normalized spacial score (nSPS) is 20.1. The molecule has 1 atom stereocenters. The number of aliphatic hydroxyl groups excluding tert-OH is 1. The van der Waals surface area contributed by atoms with Crippen molar-refractivity contribution in [3.63, 3.8) is 0 Å². The molecule has 0 bridgehead atoms. The fourth-order valence-corrected chi connectivity index (χ4v) is 5.88. The number of piperidine rings is 1. The van der Waals surface area contributed by atoms with Gasteiger partial charge in [-0.1, -0.05) is 23.7 Å². The lowest BCUT2D eigenvalue weighted by Gasteiger charge is -2.40. The number of sulfone groups is 1. The highest BCUT2D eigenvalue weighted by molar-refractivity contribution is 7.91. The second kappa shape index (κ2) is 9.42. The molecule has 2 aliphatic heterocycles. The highest BCUT2D eigenvalue weighted by Crippen LogP contribution is 2.24. The minimum atomic E-state index is -3.83. The molecule has 0 unspecified atom stereocenters. The summed E-state index contributed by atoms with van der Waals surface area (Å²) in [6.07, 6.45) is 0.0579. The number of morpholine rings is 1. The molecule has 2 aromatic rings. The molecule has 2 aliphatic rings. The molecule has 2 fully saturated rings. The predicted octanol–water partition coefficient (Wildman–Crippen LogP) is 1.95. The Morgan fingerprint density at radius 1 is 1.06 bits per heavy atom. The van der Waals surface area contributed by atoms with Crippen LogP contribution in [0, 0.1) is 0 Å². The monoisotopic (exact) mass is 466 g/mol. The second-order valence-electron chi connectivity index (χ2n) is 8.16. The van der Waals surface area contributed by atoms with Gasteiger partial charge in [0.25, 0.3) is 5.91 Å². The summed E-state index contributed by atoms with van der Waals surface area (Å²) in [6, 6.07) is 10.3. The van der Waals surface area contributed by atoms with Crippen molar-refractivity contribution in [1.29, 1.82) is 0 Å². The zero-order chi connectivity index (χ0) is 22.0. The van der Waals surface area contributed by atoms with Crippen molar-refractivity contribution in [1.82, 2.24) is 9.80 Å². The van der Waals surface area contributed by atoms with Crippen molar-refractivity contribution in [2.75, 3.05) is 45.1 Å². The average molecular weight is 467 g/mol. The third kappa shape index (κ3) is 5.21. The van der Waals surface area contributed by atoms with Crippen LogP contribution >= 0.6 is 11.6 Å². The summed E-state index contributed by atoms with van der Waals surface area (Å²) in [5, 5.41) is 12.5. The van der Waals surface area contributed by atoms with Gasteiger partial charge in [-0.2, -0.15) is 0 Å². The van der Waals surface area contributed by atoms with Gasteiger partial charge in [0.1, 0.15) is 6.10 Å². The smallest absolute Gasteiger partial charge is 0.252 e. The van der Waals surface area contributed by atoms with Gasteiger partial charge in [0.05, 0.1) is 23.9 Å². The second-order valence-corrected chi connectivity index (χ2v) is 10.6. The molecule has 0 spiro atoms. The molecule has 1 amide bonds. The van der Waals surface area contributed by atoms with E-state index in [1.165, 1.54) is 6.07 Å². The van der Waals surface area contributed by atoms with Gasteiger partial charge in [0.15, 0.2) is 9.84 Å². The van der Waals surface area contributed by atoms with E-state index in [0.717, 1.165) is 49.9 Å². The van der Waals surface area contributed by atoms with E-state index < -0.39 is 27.6 Å². The Hall–Kier alpha value is -1.71. The van der Waals surface area contributed by atoms with E-state index in [4.69, 9.17) is 16.3 Å². The summed E-state index contributed by atoms with van der Waals surface area (Å²) in [4.78, 5) is 16.8. The van der Waals surface area contributed by atoms with Crippen LogP contribution in [0.3, 0.4) is 0 Å². The minimum absolute atomic E-state index is 0.0835. The van der Waals surface area contributed by atoms with Gasteiger partial charge in [0.2, 0.25) is 0 Å². The van der Waals surface area contributed by atoms with Gasteiger partial charge >= 0.3 is 0 Å². The van der Waals surface area contributed by atoms with Crippen LogP contribution in [0.15, 0.2) is 41.3 Å². The number of amides is 1. The molecule has 0 saturated carbocycles. The number of fused-ring (bicyclic) bond motifs is 1. The third-order valence-electron chi connectivity index (χ3n) is 6.13. The number of aliphatic hydroxyl groups is 1. The number of carbonyl (C=O) groups excluding carboxylic acids is 1. The number of hydrogen-bond acceptors (Lipinski definition) is 6. The number of carbonyl (C=O) groups is 1. The summed E-state index contributed by atoms with van der Waals surface area (Å²) in [7, 11) is -3.83. The standard InChI is InChI=1S/C22H27ClN2O5S/c23-18-3-1-17-14-20(4-2-16(17)13-18)31(28,29)15-21(26)22(27)25-7-5-19(6-8-25)24-9-11-30-12-10-24/h1-4,13-14,19,21,26H,5-12,15H2/t21-/m1/s1. The lowest BCUT2D eigenvalue weighted by molar-refractivity contribution is -0.140. The molecule has 2 saturated heterocycles. The zero-order valence-corrected chi connectivity index (χ0v) is 18.8. The molecular weight excluding hydrogens is 440 g/mol. The number of ether oxygens (including phenoxy) is 1. The number of rotatable bonds is 5. The summed E-state index contributed by atoms with van der Waals surface area (Å²) in [5.41, 5.74) is 0. The van der Waals surface area contributed by atoms with E-state index in [9.17, 15) is 18.3 Å². The third-order valence-corrected chi connectivity index (χ3v) is 8.10. The lowest BCUT2D eigenvalue weighted by Crippen LogP contribution is -2.52. The van der Waals surface area contributed by atoms with Crippen LogP contribution in [-0.2, 0) is 19.4 Å². The van der Waals surface area contributed by atoms with Gasteiger partial charge < -0.3 is 14.7 Å². The van der Waals surface area contributed by atoms with Crippen LogP contribution in [0.25, 0.3) is 10.8 Å². The Balaban J connectivity index is 1.37. The molecule has 31 heavy (non-hydrogen) atoms. The number of hydrogen-bond donors (Lipinski definition) is 1. The van der Waals surface area contributed by atoms with E-state index in [2.05, 4.69) is 4.90 Å². The Bertz CT molecular complexity index is 1050. The maximum atomic E-state index is 12.8. The molecule has 0 radical (unpaired) electrons. The van der Waals surface area contributed by atoms with Crippen LogP contribution in [0.5, 0.6) is 0 Å². The van der Waals surface area contributed by atoms with Crippen LogP contribution in [0.1, 0.15) is 12.8 Å². The summed E-state index contributed by atoms with van der Waals surface area (Å²) < 4.78 is 31.0. The first-order valence-electron chi connectivity index (χ1n) is 10.5. The fraction of sp³-hybridized carbons (Fsp3) is 0.500. The van der Waals surface area contributed by atoms with Crippen molar-refractivity contribution in [2.24, 2.45) is 0 Å². The summed E-state index contributed by atoms with van der Waals surface area (Å²) >= 11 is 5.98. The summed E-state index contributed by atoms with van der Waals surface area (Å²) in [6.45, 7) is 4.31. The molecule has 0 aliphatic carbocycles. The number of benzene rings is 2. The summed E-state index contributed by atoms with van der Waals surface area (Å²) in [5.74, 6) is -1.15. The topological polar surface area (TPSA) is 87.1 Å². The lowest BCUT2D eigenvalue weighted by atomic mass is 10.0. The molecule has 7 nitrogen and oxygen atoms in total. The first-order valence-corrected chi connectivity index (χ1v) is 12.6. The molecule has 2 aromatic carbocycles. The molecule has 168 valence electrons. The van der Waals surface area contributed by atoms with Gasteiger partial charge in [-0.3, -0.25) is 9.69 Å². The van der Waals surface area contributed by atoms with E-state index in [-0.39, 0.29) is 4.90 Å². The number of likely N-dealkylation sites (tertiary alicyclic amines) is 1. The average Bonchev–Trinajstić information content (AvgIpc) is 2.78. The van der Waals surface area contributed by atoms with Crippen molar-refractivity contribution in [3.8, 4) is 0 Å². The highest BCUT2D eigenvalue weighted by Gasteiger charge is 2.32. The molecule has 9 heteroatoms. The van der Waals surface area contributed by atoms with Gasteiger partial charge in [-0.05, 0) is 47.9 Å². The highest BCUT2D eigenvalue weighted by atomic mass is 35.5. The Kier molecular flexibility index (Phi) is 6.83. The largest absolute Gasteiger partial charge is 0.382 e. The van der Waals surface area contributed by atoms with Crippen LogP contribution in [0.2, 0.25) is 5.02 Å². The van der Waals surface area contributed by atoms with E-state index >= 15 is 0 Å². The van der Waals surface area contributed by atoms with Crippen molar-refractivity contribution in [3.05, 3.63) is 41.4 Å². The Labute approximate surface area is 187 Å². The van der Waals surface area contributed by atoms with Crippen molar-refractivity contribution >= 4 is 38.1 Å². The molecule has 0 aromatic heterocycles. The van der Waals surface area contributed by atoms with E-state index in [1.807, 2.05) is 0 Å². The number of halogens is 1. The fourth-order valence-electron chi connectivity index (χ4n) is 4.37. The SMILES string of the molecule is O=C([C@H](O)CS(=O)(=O)c1ccc2cc(Cl)ccc2c1)N1CCC(N2CCOCC2)CC1. The van der Waals surface area contributed by atoms with E-state index in [0.29, 0.717) is 24.2 Å². The maximum Gasteiger partial charge on any atom is 0.252 e.